The Balaban J connectivity index is 1.80. The van der Waals surface area contributed by atoms with E-state index in [-0.39, 0.29) is 17.5 Å². The van der Waals surface area contributed by atoms with Crippen molar-refractivity contribution in [3.63, 3.8) is 0 Å². The van der Waals surface area contributed by atoms with Gasteiger partial charge in [-0.2, -0.15) is 0 Å². The molecule has 124 valence electrons. The Morgan fingerprint density at radius 3 is 2.62 bits per heavy atom. The molecule has 3 aliphatic heterocycles. The summed E-state index contributed by atoms with van der Waals surface area (Å²) in [4.78, 5) is 49.0. The summed E-state index contributed by atoms with van der Waals surface area (Å²) in [7, 11) is 0. The van der Waals surface area contributed by atoms with Gasteiger partial charge in [0.25, 0.3) is 23.5 Å². The van der Waals surface area contributed by atoms with Crippen LogP contribution in [0, 0.1) is 0 Å². The molecule has 8 heteroatoms. The molecular weight excluding hydrogens is 317 g/mol. The van der Waals surface area contributed by atoms with Gasteiger partial charge in [0, 0.05) is 19.4 Å². The van der Waals surface area contributed by atoms with E-state index in [0.29, 0.717) is 23.4 Å². The third kappa shape index (κ3) is 1.86. The topological polar surface area (TPSA) is 95.6 Å². The Morgan fingerprint density at radius 2 is 1.88 bits per heavy atom. The zero-order chi connectivity index (χ0) is 17.1. The van der Waals surface area contributed by atoms with E-state index in [0.717, 1.165) is 12.1 Å². The molecule has 1 saturated heterocycles. The number of imide groups is 2. The Hall–Kier alpha value is -2.61. The number of carbonyl (C=O) groups excluding carboxylic acids is 4. The average Bonchev–Trinajstić information content (AvgIpc) is 2.83. The SMILES string of the molecule is O=C1CCC(F)(N2C(=O)c3ccc4c(c3C2=O)CNCC4)C(=O)N1. The Labute approximate surface area is 136 Å². The Kier molecular flexibility index (Phi) is 3.08. The summed E-state index contributed by atoms with van der Waals surface area (Å²) in [5.74, 6) is -6.37. The summed E-state index contributed by atoms with van der Waals surface area (Å²) in [6.07, 6.45) is -0.0846. The predicted octanol–water partition coefficient (Wildman–Crippen LogP) is 0.0307. The first-order valence-electron chi connectivity index (χ1n) is 7.71. The van der Waals surface area contributed by atoms with Crippen LogP contribution in [0.3, 0.4) is 0 Å². The van der Waals surface area contributed by atoms with Crippen molar-refractivity contribution < 1.29 is 23.6 Å². The van der Waals surface area contributed by atoms with Crippen molar-refractivity contribution in [3.05, 3.63) is 34.4 Å². The molecule has 1 aromatic rings. The fourth-order valence-electron chi connectivity index (χ4n) is 3.52. The number of hydrogen-bond donors (Lipinski definition) is 2. The zero-order valence-electron chi connectivity index (χ0n) is 12.6. The van der Waals surface area contributed by atoms with Gasteiger partial charge in [-0.05, 0) is 30.2 Å². The van der Waals surface area contributed by atoms with Crippen LogP contribution in [0.5, 0.6) is 0 Å². The van der Waals surface area contributed by atoms with Crippen LogP contribution in [0.25, 0.3) is 0 Å². The van der Waals surface area contributed by atoms with Crippen molar-refractivity contribution in [2.45, 2.75) is 31.6 Å². The number of amides is 4. The van der Waals surface area contributed by atoms with Gasteiger partial charge in [-0.1, -0.05) is 6.07 Å². The number of nitrogens with one attached hydrogen (secondary N) is 2. The number of hydrogen-bond acceptors (Lipinski definition) is 5. The van der Waals surface area contributed by atoms with Gasteiger partial charge < -0.3 is 5.32 Å². The fourth-order valence-corrected chi connectivity index (χ4v) is 3.52. The van der Waals surface area contributed by atoms with Crippen LogP contribution in [0.15, 0.2) is 12.1 Å². The van der Waals surface area contributed by atoms with Crippen molar-refractivity contribution in [2.75, 3.05) is 6.54 Å². The van der Waals surface area contributed by atoms with E-state index in [4.69, 9.17) is 0 Å². The van der Waals surface area contributed by atoms with Crippen LogP contribution in [0.4, 0.5) is 4.39 Å². The number of benzene rings is 1. The van der Waals surface area contributed by atoms with Crippen molar-refractivity contribution in [3.8, 4) is 0 Å². The van der Waals surface area contributed by atoms with Crippen LogP contribution in [0.2, 0.25) is 0 Å². The number of piperidine rings is 1. The number of alkyl halides is 1. The first-order chi connectivity index (χ1) is 11.4. The highest BCUT2D eigenvalue weighted by atomic mass is 19.1. The van der Waals surface area contributed by atoms with Gasteiger partial charge in [-0.3, -0.25) is 24.5 Å². The maximum atomic E-state index is 15.2. The highest BCUT2D eigenvalue weighted by Gasteiger charge is 2.57. The number of nitrogens with zero attached hydrogens (tertiary/aromatic N) is 1. The lowest BCUT2D eigenvalue weighted by Gasteiger charge is -2.34. The molecule has 0 saturated carbocycles. The third-order valence-electron chi connectivity index (χ3n) is 4.77. The van der Waals surface area contributed by atoms with Crippen LogP contribution in [-0.4, -0.2) is 40.9 Å². The molecule has 1 aromatic carbocycles. The van der Waals surface area contributed by atoms with Gasteiger partial charge in [0.15, 0.2) is 0 Å². The van der Waals surface area contributed by atoms with E-state index in [1.54, 1.807) is 6.07 Å². The minimum absolute atomic E-state index is 0.101. The van der Waals surface area contributed by atoms with Gasteiger partial charge in [-0.15, -0.1) is 0 Å². The fraction of sp³-hybridized carbons (Fsp3) is 0.375. The maximum Gasteiger partial charge on any atom is 0.285 e. The second-order valence-electron chi connectivity index (χ2n) is 6.13. The molecule has 1 atom stereocenters. The normalized spacial score (nSPS) is 26.3. The summed E-state index contributed by atoms with van der Waals surface area (Å²) in [5.41, 5.74) is 1.87. The van der Waals surface area contributed by atoms with Crippen LogP contribution in [0.1, 0.15) is 44.7 Å². The second-order valence-corrected chi connectivity index (χ2v) is 6.13. The molecule has 0 aromatic heterocycles. The van der Waals surface area contributed by atoms with Gasteiger partial charge in [0.2, 0.25) is 5.91 Å². The maximum absolute atomic E-state index is 15.2. The quantitative estimate of drug-likeness (QED) is 0.559. The van der Waals surface area contributed by atoms with E-state index < -0.39 is 35.8 Å². The lowest BCUT2D eigenvalue weighted by atomic mass is 9.93. The first-order valence-corrected chi connectivity index (χ1v) is 7.71. The average molecular weight is 331 g/mol. The molecule has 2 N–H and O–H groups in total. The number of halogens is 1. The van der Waals surface area contributed by atoms with E-state index >= 15 is 4.39 Å². The van der Waals surface area contributed by atoms with Crippen molar-refractivity contribution >= 4 is 23.6 Å². The molecule has 0 radical (unpaired) electrons. The van der Waals surface area contributed by atoms with Crippen LogP contribution < -0.4 is 10.6 Å². The minimum Gasteiger partial charge on any atom is -0.312 e. The van der Waals surface area contributed by atoms with E-state index in [9.17, 15) is 19.2 Å². The molecule has 3 heterocycles. The molecular formula is C16H14FN3O4. The predicted molar refractivity (Wildman–Crippen MR) is 78.6 cm³/mol. The lowest BCUT2D eigenvalue weighted by Crippen LogP contribution is -2.62. The van der Waals surface area contributed by atoms with Crippen LogP contribution in [-0.2, 0) is 22.6 Å². The number of rotatable bonds is 1. The Bertz CT molecular complexity index is 822. The van der Waals surface area contributed by atoms with Gasteiger partial charge >= 0.3 is 0 Å². The largest absolute Gasteiger partial charge is 0.312 e. The standard InChI is InChI=1S/C16H14FN3O4/c17-16(5-3-11(21)19-15(16)24)20-13(22)9-2-1-8-4-6-18-7-10(8)12(9)14(20)23/h1-2,18H,3-7H2,(H,19,21,24). The van der Waals surface area contributed by atoms with Crippen molar-refractivity contribution in [1.29, 1.82) is 0 Å². The summed E-state index contributed by atoms with van der Waals surface area (Å²) in [6, 6.07) is 3.27. The van der Waals surface area contributed by atoms with Gasteiger partial charge in [-0.25, -0.2) is 9.29 Å². The molecule has 0 spiro atoms. The zero-order valence-corrected chi connectivity index (χ0v) is 12.6. The van der Waals surface area contributed by atoms with Crippen molar-refractivity contribution in [1.82, 2.24) is 15.5 Å². The minimum atomic E-state index is -2.84. The highest BCUT2D eigenvalue weighted by Crippen LogP contribution is 2.37. The molecule has 0 aliphatic carbocycles. The smallest absolute Gasteiger partial charge is 0.285 e. The van der Waals surface area contributed by atoms with E-state index in [1.807, 2.05) is 5.32 Å². The summed E-state index contributed by atoms with van der Waals surface area (Å²) in [6.45, 7) is 1.17. The molecule has 0 bridgehead atoms. The molecule has 4 amide bonds. The molecule has 3 aliphatic rings. The Morgan fingerprint density at radius 1 is 1.08 bits per heavy atom. The van der Waals surface area contributed by atoms with Crippen LogP contribution >= 0.6 is 0 Å². The van der Waals surface area contributed by atoms with Gasteiger partial charge in [0.1, 0.15) is 0 Å². The monoisotopic (exact) mass is 331 g/mol. The molecule has 4 rings (SSSR count). The summed E-state index contributed by atoms with van der Waals surface area (Å²) < 4.78 is 15.2. The number of carbonyl (C=O) groups is 4. The molecule has 7 nitrogen and oxygen atoms in total. The summed E-state index contributed by atoms with van der Waals surface area (Å²) >= 11 is 0. The lowest BCUT2D eigenvalue weighted by molar-refractivity contribution is -0.151. The van der Waals surface area contributed by atoms with E-state index in [2.05, 4.69) is 5.32 Å². The second kappa shape index (κ2) is 4.94. The highest BCUT2D eigenvalue weighted by molar-refractivity contribution is 6.24. The molecule has 24 heavy (non-hydrogen) atoms. The first kappa shape index (κ1) is 14.9. The van der Waals surface area contributed by atoms with Gasteiger partial charge in [0.05, 0.1) is 11.1 Å². The third-order valence-corrected chi connectivity index (χ3v) is 4.77. The van der Waals surface area contributed by atoms with Crippen molar-refractivity contribution in [2.24, 2.45) is 0 Å². The molecule has 1 fully saturated rings. The van der Waals surface area contributed by atoms with E-state index in [1.165, 1.54) is 6.07 Å². The molecule has 1 unspecified atom stereocenters. The number of fused-ring (bicyclic) bond motifs is 3. The summed E-state index contributed by atoms with van der Waals surface area (Å²) in [5, 5.41) is 4.99.